The number of H-pyrrole nitrogens is 1. The fourth-order valence-electron chi connectivity index (χ4n) is 4.72. The molecule has 1 saturated heterocycles. The number of nitrogens with one attached hydrogen (secondary N) is 1. The summed E-state index contributed by atoms with van der Waals surface area (Å²) in [5.41, 5.74) is 3.71. The van der Waals surface area contributed by atoms with E-state index in [-0.39, 0.29) is 5.91 Å². The average Bonchev–Trinajstić information content (AvgIpc) is 3.52. The van der Waals surface area contributed by atoms with Gasteiger partial charge in [0.05, 0.1) is 18.4 Å². The number of amides is 1. The lowest BCUT2D eigenvalue weighted by Gasteiger charge is -2.27. The molecule has 2 aliphatic heterocycles. The number of carbonyl (C=O) groups is 2. The van der Waals surface area contributed by atoms with E-state index in [1.165, 1.54) is 25.9 Å². The van der Waals surface area contributed by atoms with Crippen molar-refractivity contribution in [2.75, 3.05) is 33.2 Å². The van der Waals surface area contributed by atoms with Gasteiger partial charge in [0.25, 0.3) is 0 Å². The number of aromatic nitrogens is 4. The number of carbonyl (C=O) groups excluding carboxylic acids is 2. The summed E-state index contributed by atoms with van der Waals surface area (Å²) in [7, 11) is 2.20. The molecule has 8 heteroatoms. The van der Waals surface area contributed by atoms with Crippen molar-refractivity contribution in [1.29, 1.82) is 0 Å². The highest BCUT2D eigenvalue weighted by Gasteiger charge is 2.19. The van der Waals surface area contributed by atoms with Crippen molar-refractivity contribution >= 4 is 28.7 Å². The molecule has 180 valence electrons. The van der Waals surface area contributed by atoms with E-state index in [0.29, 0.717) is 25.2 Å². The van der Waals surface area contributed by atoms with Crippen LogP contribution in [0.25, 0.3) is 16.5 Å². The molecule has 1 N–H and O–H groups in total. The van der Waals surface area contributed by atoms with Crippen molar-refractivity contribution < 1.29 is 9.59 Å². The molecule has 5 rings (SSSR count). The van der Waals surface area contributed by atoms with Gasteiger partial charge < -0.3 is 14.8 Å². The van der Waals surface area contributed by atoms with Crippen LogP contribution in [0.4, 0.5) is 0 Å². The number of likely N-dealkylation sites (tertiary alicyclic amines) is 1. The van der Waals surface area contributed by atoms with Crippen LogP contribution in [0, 0.1) is 5.92 Å². The minimum absolute atomic E-state index is 0.121. The average molecular weight is 463 g/mol. The van der Waals surface area contributed by atoms with Crippen LogP contribution in [0.3, 0.4) is 0 Å². The molecule has 2 aromatic heterocycles. The molecule has 8 nitrogen and oxygen atoms in total. The molecule has 2 aliphatic rings. The molecule has 0 saturated carbocycles. The quantitative estimate of drug-likeness (QED) is 0.585. The highest BCUT2D eigenvalue weighted by molar-refractivity contribution is 5.90. The van der Waals surface area contributed by atoms with Crippen LogP contribution in [-0.4, -0.2) is 75.2 Å². The first kappa shape index (κ1) is 23.9. The van der Waals surface area contributed by atoms with Gasteiger partial charge in [-0.3, -0.25) is 14.3 Å². The van der Waals surface area contributed by atoms with Crippen LogP contribution >= 0.6 is 0 Å². The van der Waals surface area contributed by atoms with Crippen LogP contribution in [0.15, 0.2) is 42.7 Å². The second kappa shape index (κ2) is 11.2. The largest absolute Gasteiger partial charge is 0.352 e. The van der Waals surface area contributed by atoms with E-state index in [9.17, 15) is 9.59 Å². The number of nitrogens with zero attached hydrogens (tertiary/aromatic N) is 5. The smallest absolute Gasteiger partial charge is 0.224 e. The van der Waals surface area contributed by atoms with Gasteiger partial charge in [0.1, 0.15) is 0 Å². The molecule has 0 spiro atoms. The van der Waals surface area contributed by atoms with E-state index < -0.39 is 0 Å². The summed E-state index contributed by atoms with van der Waals surface area (Å²) in [6, 6.07) is 7.92. The first-order valence-electron chi connectivity index (χ1n) is 12.1. The SMILES string of the molecule is CC1CCCN(C)C1.O=Cc1cc2ccc(C3=CCCN(C(=O)CCn4ccnn4)C3)cc2[nH]1. The molecule has 34 heavy (non-hydrogen) atoms. The van der Waals surface area contributed by atoms with Crippen molar-refractivity contribution in [2.45, 2.75) is 39.2 Å². The standard InChI is InChI=1S/C19H19N5O2.C7H15N/c25-13-17-10-15-4-3-14(11-18(15)21-17)16-2-1-7-23(12-16)19(26)5-8-24-9-6-20-22-24;1-7-4-3-5-8(2)6-7/h2-4,6,9-11,13,21H,1,5,7-8,12H2;7H,3-6H2,1-2H3. The zero-order valence-corrected chi connectivity index (χ0v) is 20.1. The fourth-order valence-corrected chi connectivity index (χ4v) is 4.72. The zero-order valence-electron chi connectivity index (χ0n) is 20.1. The molecule has 1 aromatic carbocycles. The van der Waals surface area contributed by atoms with Gasteiger partial charge >= 0.3 is 0 Å². The zero-order chi connectivity index (χ0) is 23.9. The van der Waals surface area contributed by atoms with Crippen molar-refractivity contribution in [2.24, 2.45) is 5.92 Å². The molecule has 3 aromatic rings. The van der Waals surface area contributed by atoms with Gasteiger partial charge in [-0.1, -0.05) is 30.3 Å². The van der Waals surface area contributed by atoms with Gasteiger partial charge in [-0.2, -0.15) is 0 Å². The van der Waals surface area contributed by atoms with Crippen LogP contribution < -0.4 is 0 Å². The summed E-state index contributed by atoms with van der Waals surface area (Å²) < 4.78 is 1.67. The maximum absolute atomic E-state index is 12.5. The molecule has 1 fully saturated rings. The number of piperidine rings is 1. The van der Waals surface area contributed by atoms with E-state index in [2.05, 4.69) is 40.2 Å². The van der Waals surface area contributed by atoms with E-state index in [0.717, 1.165) is 47.2 Å². The van der Waals surface area contributed by atoms with Gasteiger partial charge in [0.2, 0.25) is 5.91 Å². The van der Waals surface area contributed by atoms with Crippen molar-refractivity contribution in [3.8, 4) is 0 Å². The van der Waals surface area contributed by atoms with Gasteiger partial charge in [0.15, 0.2) is 6.29 Å². The molecule has 4 heterocycles. The molecule has 1 atom stereocenters. The number of aromatic amines is 1. The summed E-state index contributed by atoms with van der Waals surface area (Å²) in [4.78, 5) is 30.9. The minimum Gasteiger partial charge on any atom is -0.352 e. The first-order valence-corrected chi connectivity index (χ1v) is 12.1. The minimum atomic E-state index is 0.121. The molecule has 0 aliphatic carbocycles. The highest BCUT2D eigenvalue weighted by atomic mass is 16.2. The van der Waals surface area contributed by atoms with E-state index in [1.807, 2.05) is 29.2 Å². The molecular weight excluding hydrogens is 428 g/mol. The Balaban J connectivity index is 0.000000291. The van der Waals surface area contributed by atoms with Gasteiger partial charge in [0, 0.05) is 43.2 Å². The molecule has 1 unspecified atom stereocenters. The second-order valence-electron chi connectivity index (χ2n) is 9.40. The van der Waals surface area contributed by atoms with Crippen LogP contribution in [-0.2, 0) is 11.3 Å². The predicted octanol–water partition coefficient (Wildman–Crippen LogP) is 3.63. The molecule has 0 radical (unpaired) electrons. The lowest BCUT2D eigenvalue weighted by molar-refractivity contribution is -0.131. The topological polar surface area (TPSA) is 87.1 Å². The Bertz CT molecular complexity index is 1130. The van der Waals surface area contributed by atoms with Gasteiger partial charge in [-0.25, -0.2) is 0 Å². The highest BCUT2D eigenvalue weighted by Crippen LogP contribution is 2.25. The number of hydrogen-bond donors (Lipinski definition) is 1. The maximum atomic E-state index is 12.5. The van der Waals surface area contributed by atoms with Crippen LogP contribution in [0.5, 0.6) is 0 Å². The van der Waals surface area contributed by atoms with Crippen molar-refractivity contribution in [1.82, 2.24) is 29.8 Å². The van der Waals surface area contributed by atoms with Crippen molar-refractivity contribution in [3.63, 3.8) is 0 Å². The lowest BCUT2D eigenvalue weighted by Crippen LogP contribution is -2.35. The van der Waals surface area contributed by atoms with E-state index >= 15 is 0 Å². The summed E-state index contributed by atoms with van der Waals surface area (Å²) in [5, 5.41) is 8.65. The van der Waals surface area contributed by atoms with E-state index in [1.54, 1.807) is 17.1 Å². The monoisotopic (exact) mass is 462 g/mol. The van der Waals surface area contributed by atoms with Gasteiger partial charge in [-0.05, 0) is 62.0 Å². The molecular formula is C26H34N6O2. The third-order valence-electron chi connectivity index (χ3n) is 6.53. The molecule has 0 bridgehead atoms. The van der Waals surface area contributed by atoms with Crippen molar-refractivity contribution in [3.05, 3.63) is 54.0 Å². The second-order valence-corrected chi connectivity index (χ2v) is 9.40. The number of fused-ring (bicyclic) bond motifs is 1. The number of aldehydes is 1. The van der Waals surface area contributed by atoms with Gasteiger partial charge in [-0.15, -0.1) is 5.10 Å². The van der Waals surface area contributed by atoms with Crippen LogP contribution in [0.2, 0.25) is 0 Å². The predicted molar refractivity (Wildman–Crippen MR) is 133 cm³/mol. The summed E-state index contributed by atoms with van der Waals surface area (Å²) >= 11 is 0. The Morgan fingerprint density at radius 1 is 1.26 bits per heavy atom. The third kappa shape index (κ3) is 6.20. The molecule has 1 amide bonds. The Labute approximate surface area is 200 Å². The Morgan fingerprint density at radius 3 is 2.85 bits per heavy atom. The van der Waals surface area contributed by atoms with Crippen LogP contribution in [0.1, 0.15) is 48.7 Å². The van der Waals surface area contributed by atoms with E-state index in [4.69, 9.17) is 0 Å². The summed E-state index contributed by atoms with van der Waals surface area (Å²) in [6.45, 7) is 6.82. The Kier molecular flexibility index (Phi) is 7.90. The number of hydrogen-bond acceptors (Lipinski definition) is 5. The Hall–Kier alpha value is -3.26. The lowest BCUT2D eigenvalue weighted by atomic mass is 10.00. The maximum Gasteiger partial charge on any atom is 0.224 e. The summed E-state index contributed by atoms with van der Waals surface area (Å²) in [6.07, 6.45) is 10.5. The third-order valence-corrected chi connectivity index (χ3v) is 6.53. The normalized spacial score (nSPS) is 18.8. The fraction of sp³-hybridized carbons (Fsp3) is 0.462. The number of aryl methyl sites for hydroxylation is 1. The summed E-state index contributed by atoms with van der Waals surface area (Å²) in [5.74, 6) is 1.06. The number of benzene rings is 1. The first-order chi connectivity index (χ1) is 16.5. The Morgan fingerprint density at radius 2 is 2.15 bits per heavy atom. The number of rotatable bonds is 5.